The van der Waals surface area contributed by atoms with E-state index < -0.39 is 5.25 Å². The second-order valence-corrected chi connectivity index (χ2v) is 7.99. The summed E-state index contributed by atoms with van der Waals surface area (Å²) in [6.07, 6.45) is 0.102. The van der Waals surface area contributed by atoms with E-state index in [1.165, 1.54) is 11.8 Å². The summed E-state index contributed by atoms with van der Waals surface area (Å²) >= 11 is 7.24. The topological polar surface area (TPSA) is 80.2 Å². The Morgan fingerprint density at radius 1 is 1.28 bits per heavy atom. The van der Waals surface area contributed by atoms with Crippen LogP contribution >= 0.6 is 23.4 Å². The number of carbonyl (C=O) groups excluding carboxylic acids is 2. The summed E-state index contributed by atoms with van der Waals surface area (Å²) in [5, 5.41) is 3.24. The van der Waals surface area contributed by atoms with E-state index in [0.29, 0.717) is 39.6 Å². The number of amides is 2. The lowest BCUT2D eigenvalue weighted by Crippen LogP contribution is -2.45. The van der Waals surface area contributed by atoms with Gasteiger partial charge >= 0.3 is 0 Å². The van der Waals surface area contributed by atoms with Crippen LogP contribution in [0.3, 0.4) is 0 Å². The Morgan fingerprint density at radius 2 is 2.10 bits per heavy atom. The van der Waals surface area contributed by atoms with Gasteiger partial charge in [0.1, 0.15) is 5.25 Å². The summed E-state index contributed by atoms with van der Waals surface area (Å²) in [7, 11) is 0. The van der Waals surface area contributed by atoms with Crippen LogP contribution in [0.4, 0.5) is 11.4 Å². The molecule has 0 bridgehead atoms. The van der Waals surface area contributed by atoms with E-state index in [1.807, 2.05) is 6.92 Å². The van der Waals surface area contributed by atoms with Crippen LogP contribution in [0.15, 0.2) is 47.5 Å². The van der Waals surface area contributed by atoms with Crippen molar-refractivity contribution in [2.24, 2.45) is 4.99 Å². The van der Waals surface area contributed by atoms with Crippen molar-refractivity contribution in [1.82, 2.24) is 4.90 Å². The van der Waals surface area contributed by atoms with Crippen LogP contribution < -0.4 is 14.8 Å². The summed E-state index contributed by atoms with van der Waals surface area (Å²) in [5.41, 5.74) is 1.21. The monoisotopic (exact) mass is 431 g/mol. The summed E-state index contributed by atoms with van der Waals surface area (Å²) in [4.78, 5) is 31.5. The Balaban J connectivity index is 1.56. The molecule has 1 saturated heterocycles. The molecule has 2 aromatic carbocycles. The van der Waals surface area contributed by atoms with E-state index in [0.717, 1.165) is 0 Å². The molecule has 0 radical (unpaired) electrons. The number of rotatable bonds is 4. The number of halogens is 1. The maximum atomic E-state index is 12.7. The Labute approximate surface area is 177 Å². The number of nitrogens with one attached hydrogen (secondary N) is 1. The summed E-state index contributed by atoms with van der Waals surface area (Å²) in [6, 6.07) is 12.2. The average molecular weight is 432 g/mol. The molecule has 0 aliphatic carbocycles. The van der Waals surface area contributed by atoms with Gasteiger partial charge in [-0.1, -0.05) is 29.4 Å². The second kappa shape index (κ2) is 8.34. The molecule has 2 aliphatic heterocycles. The van der Waals surface area contributed by atoms with Crippen LogP contribution in [0.5, 0.6) is 11.5 Å². The van der Waals surface area contributed by atoms with Crippen molar-refractivity contribution in [3.05, 3.63) is 47.5 Å². The average Bonchev–Trinajstić information content (AvgIpc) is 3.15. The number of ether oxygens (including phenoxy) is 2. The molecule has 1 N–H and O–H groups in total. The highest BCUT2D eigenvalue weighted by molar-refractivity contribution is 8.15. The highest BCUT2D eigenvalue weighted by Crippen LogP contribution is 2.36. The molecule has 2 aromatic rings. The maximum Gasteiger partial charge on any atom is 0.238 e. The third kappa shape index (κ3) is 4.33. The summed E-state index contributed by atoms with van der Waals surface area (Å²) < 4.78 is 10.7. The molecule has 2 heterocycles. The van der Waals surface area contributed by atoms with Crippen molar-refractivity contribution in [2.75, 3.05) is 18.7 Å². The van der Waals surface area contributed by atoms with Crippen molar-refractivity contribution in [3.63, 3.8) is 0 Å². The molecule has 1 fully saturated rings. The zero-order valence-electron chi connectivity index (χ0n) is 15.6. The minimum Gasteiger partial charge on any atom is -0.454 e. The first-order valence-electron chi connectivity index (χ1n) is 9.05. The number of hydrogen-bond acceptors (Lipinski definition) is 6. The first kappa shape index (κ1) is 19.6. The van der Waals surface area contributed by atoms with Crippen molar-refractivity contribution in [1.29, 1.82) is 0 Å². The number of carbonyl (C=O) groups is 2. The molecule has 4 rings (SSSR count). The number of aliphatic imine (C=N–C) groups is 1. The lowest BCUT2D eigenvalue weighted by Gasteiger charge is -2.30. The quantitative estimate of drug-likeness (QED) is 0.789. The number of fused-ring (bicyclic) bond motifs is 1. The highest BCUT2D eigenvalue weighted by Gasteiger charge is 2.35. The standard InChI is InChI=1S/C20H18ClN3O4S/c1-2-24-18(25)10-17(19(26)22-13-5-3-4-12(21)8-13)29-20(24)23-14-6-7-15-16(9-14)28-11-27-15/h3-9,17H,2,10-11H2,1H3,(H,22,26)/t17-/m0/s1. The summed E-state index contributed by atoms with van der Waals surface area (Å²) in [5.74, 6) is 0.862. The number of thioether (sulfide) groups is 1. The Hall–Kier alpha value is -2.71. The van der Waals surface area contributed by atoms with Gasteiger partial charge in [-0.15, -0.1) is 0 Å². The fourth-order valence-electron chi connectivity index (χ4n) is 3.01. The molecule has 2 aliphatic rings. The molecule has 29 heavy (non-hydrogen) atoms. The van der Waals surface area contributed by atoms with Crippen LogP contribution in [0.2, 0.25) is 5.02 Å². The molecule has 0 spiro atoms. The highest BCUT2D eigenvalue weighted by atomic mass is 35.5. The van der Waals surface area contributed by atoms with Crippen molar-refractivity contribution < 1.29 is 19.1 Å². The minimum absolute atomic E-state index is 0.102. The van der Waals surface area contributed by atoms with Crippen molar-refractivity contribution in [2.45, 2.75) is 18.6 Å². The van der Waals surface area contributed by atoms with Gasteiger partial charge < -0.3 is 14.8 Å². The van der Waals surface area contributed by atoms with Crippen LogP contribution in [0.25, 0.3) is 0 Å². The van der Waals surface area contributed by atoms with Gasteiger partial charge in [0.15, 0.2) is 16.7 Å². The number of hydrogen-bond donors (Lipinski definition) is 1. The second-order valence-electron chi connectivity index (χ2n) is 6.38. The van der Waals surface area contributed by atoms with Crippen molar-refractivity contribution in [3.8, 4) is 11.5 Å². The number of nitrogens with zero attached hydrogens (tertiary/aromatic N) is 2. The fourth-order valence-corrected chi connectivity index (χ4v) is 4.36. The zero-order chi connectivity index (χ0) is 20.4. The van der Waals surface area contributed by atoms with Gasteiger partial charge in [0.2, 0.25) is 18.6 Å². The third-order valence-corrected chi connectivity index (χ3v) is 5.84. The van der Waals surface area contributed by atoms with E-state index in [4.69, 9.17) is 21.1 Å². The van der Waals surface area contributed by atoms with Gasteiger partial charge in [0.05, 0.1) is 5.69 Å². The molecule has 7 nitrogen and oxygen atoms in total. The minimum atomic E-state index is -0.586. The Kier molecular flexibility index (Phi) is 5.64. The van der Waals surface area contributed by atoms with Crippen LogP contribution in [0, 0.1) is 0 Å². The predicted molar refractivity (Wildman–Crippen MR) is 113 cm³/mol. The molecule has 0 aromatic heterocycles. The smallest absolute Gasteiger partial charge is 0.238 e. The van der Waals surface area contributed by atoms with Gasteiger partial charge in [-0.05, 0) is 37.3 Å². The molecule has 9 heteroatoms. The van der Waals surface area contributed by atoms with Crippen molar-refractivity contribution >= 4 is 51.7 Å². The van der Waals surface area contributed by atoms with E-state index in [2.05, 4.69) is 10.3 Å². The first-order valence-corrected chi connectivity index (χ1v) is 10.3. The van der Waals surface area contributed by atoms with Crippen LogP contribution in [0.1, 0.15) is 13.3 Å². The molecule has 1 atom stereocenters. The first-order chi connectivity index (χ1) is 14.0. The van der Waals surface area contributed by atoms with Gasteiger partial charge in [-0.3, -0.25) is 14.5 Å². The van der Waals surface area contributed by atoms with Gasteiger partial charge in [0.25, 0.3) is 0 Å². The van der Waals surface area contributed by atoms with Crippen LogP contribution in [-0.2, 0) is 9.59 Å². The molecule has 0 unspecified atom stereocenters. The number of benzene rings is 2. The van der Waals surface area contributed by atoms with E-state index in [9.17, 15) is 9.59 Å². The zero-order valence-corrected chi connectivity index (χ0v) is 17.1. The molecule has 150 valence electrons. The fraction of sp³-hybridized carbons (Fsp3) is 0.250. The van der Waals surface area contributed by atoms with E-state index >= 15 is 0 Å². The SMILES string of the molecule is CCN1C(=O)C[C@@H](C(=O)Nc2cccc(Cl)c2)SC1=Nc1ccc2c(c1)OCO2. The largest absolute Gasteiger partial charge is 0.454 e. The van der Waals surface area contributed by atoms with Gasteiger partial charge in [-0.2, -0.15) is 0 Å². The number of amidine groups is 1. The Morgan fingerprint density at radius 3 is 2.90 bits per heavy atom. The lowest BCUT2D eigenvalue weighted by atomic mass is 10.2. The molecule has 0 saturated carbocycles. The Bertz CT molecular complexity index is 997. The van der Waals surface area contributed by atoms with E-state index in [1.54, 1.807) is 47.4 Å². The number of anilines is 1. The maximum absolute atomic E-state index is 12.7. The lowest BCUT2D eigenvalue weighted by molar-refractivity contribution is -0.129. The van der Waals surface area contributed by atoms with Crippen LogP contribution in [-0.4, -0.2) is 40.5 Å². The van der Waals surface area contributed by atoms with Gasteiger partial charge in [0, 0.05) is 29.7 Å². The normalized spacial score (nSPS) is 19.5. The third-order valence-electron chi connectivity index (χ3n) is 4.42. The molecular weight excluding hydrogens is 414 g/mol. The summed E-state index contributed by atoms with van der Waals surface area (Å²) in [6.45, 7) is 2.52. The molecule has 2 amide bonds. The van der Waals surface area contributed by atoms with Gasteiger partial charge in [-0.25, -0.2) is 4.99 Å². The predicted octanol–water partition coefficient (Wildman–Crippen LogP) is 4.05. The van der Waals surface area contributed by atoms with E-state index in [-0.39, 0.29) is 25.0 Å². The molecular formula is C20H18ClN3O4S.